The Morgan fingerprint density at radius 1 is 0.762 bits per heavy atom. The summed E-state index contributed by atoms with van der Waals surface area (Å²) < 4.78 is 0. The lowest BCUT2D eigenvalue weighted by molar-refractivity contribution is -0.133. The lowest BCUT2D eigenvalue weighted by Crippen LogP contribution is -2.54. The van der Waals surface area contributed by atoms with Crippen molar-refractivity contribution in [3.63, 3.8) is 0 Å². The van der Waals surface area contributed by atoms with E-state index < -0.39 is 0 Å². The van der Waals surface area contributed by atoms with Crippen molar-refractivity contribution in [2.45, 2.75) is 83.8 Å². The summed E-state index contributed by atoms with van der Waals surface area (Å²) >= 11 is 0. The lowest BCUT2D eigenvalue weighted by Gasteiger charge is -2.60. The van der Waals surface area contributed by atoms with Gasteiger partial charge in [0.05, 0.1) is 12.2 Å². The van der Waals surface area contributed by atoms with Crippen molar-refractivity contribution in [3.8, 4) is 0 Å². The van der Waals surface area contributed by atoms with Crippen molar-refractivity contribution in [2.75, 3.05) is 0 Å². The first-order valence-corrected chi connectivity index (χ1v) is 9.31. The molecule has 0 amide bonds. The van der Waals surface area contributed by atoms with Gasteiger partial charge in [-0.15, -0.1) is 0 Å². The fraction of sp³-hybridized carbons (Fsp3) is 1.00. The Bertz CT molecular complexity index is 422. The molecule has 0 saturated heterocycles. The van der Waals surface area contributed by atoms with Crippen LogP contribution in [0.3, 0.4) is 0 Å². The van der Waals surface area contributed by atoms with Crippen LogP contribution in [0.1, 0.15) is 71.6 Å². The molecule has 2 heteroatoms. The predicted octanol–water partition coefficient (Wildman–Crippen LogP) is 3.75. The Hall–Kier alpha value is -0.0800. The quantitative estimate of drug-likeness (QED) is 0.714. The van der Waals surface area contributed by atoms with Crippen molar-refractivity contribution >= 4 is 0 Å². The summed E-state index contributed by atoms with van der Waals surface area (Å²) in [7, 11) is 0. The largest absolute Gasteiger partial charge is 0.393 e. The van der Waals surface area contributed by atoms with Crippen molar-refractivity contribution in [1.82, 2.24) is 0 Å². The van der Waals surface area contributed by atoms with Gasteiger partial charge in [0.25, 0.3) is 0 Å². The minimum atomic E-state index is -0.0536. The van der Waals surface area contributed by atoms with Gasteiger partial charge in [-0.1, -0.05) is 13.8 Å². The average Bonchev–Trinajstić information content (AvgIpc) is 2.76. The molecule has 0 radical (unpaired) electrons. The Balaban J connectivity index is 1.62. The van der Waals surface area contributed by atoms with Crippen molar-refractivity contribution in [1.29, 1.82) is 0 Å². The monoisotopic (exact) mass is 292 g/mol. The molecule has 0 bridgehead atoms. The molecule has 2 nitrogen and oxygen atoms in total. The van der Waals surface area contributed by atoms with Crippen molar-refractivity contribution < 1.29 is 10.2 Å². The number of aliphatic hydroxyl groups is 2. The second-order valence-corrected chi connectivity index (χ2v) is 9.22. The summed E-state index contributed by atoms with van der Waals surface area (Å²) in [6.07, 6.45) is 10.7. The molecule has 21 heavy (non-hydrogen) atoms. The third kappa shape index (κ3) is 1.91. The van der Waals surface area contributed by atoms with Crippen LogP contribution in [0.5, 0.6) is 0 Å². The third-order valence-corrected chi connectivity index (χ3v) is 8.59. The van der Waals surface area contributed by atoms with Gasteiger partial charge in [0.15, 0.2) is 0 Å². The smallest absolute Gasteiger partial charge is 0.0596 e. The fourth-order valence-electron chi connectivity index (χ4n) is 7.21. The molecule has 120 valence electrons. The van der Waals surface area contributed by atoms with E-state index in [1.165, 1.54) is 38.5 Å². The molecule has 2 N–H and O–H groups in total. The van der Waals surface area contributed by atoms with Crippen LogP contribution >= 0.6 is 0 Å². The summed E-state index contributed by atoms with van der Waals surface area (Å²) in [5.74, 6) is 3.21. The molecular weight excluding hydrogens is 260 g/mol. The molecule has 4 aliphatic carbocycles. The Kier molecular flexibility index (Phi) is 3.25. The summed E-state index contributed by atoms with van der Waals surface area (Å²) in [6.45, 7) is 4.90. The number of hydrogen-bond donors (Lipinski definition) is 2. The minimum absolute atomic E-state index is 0.0400. The van der Waals surface area contributed by atoms with Gasteiger partial charge >= 0.3 is 0 Å². The predicted molar refractivity (Wildman–Crippen MR) is 83.7 cm³/mol. The van der Waals surface area contributed by atoms with Crippen LogP contribution in [0.25, 0.3) is 0 Å². The summed E-state index contributed by atoms with van der Waals surface area (Å²) in [6, 6.07) is 0. The molecule has 4 fully saturated rings. The van der Waals surface area contributed by atoms with Crippen LogP contribution in [-0.2, 0) is 0 Å². The number of aliphatic hydroxyl groups excluding tert-OH is 2. The van der Waals surface area contributed by atoms with Crippen LogP contribution in [0, 0.1) is 34.5 Å². The minimum Gasteiger partial charge on any atom is -0.393 e. The first-order valence-electron chi connectivity index (χ1n) is 9.31. The first kappa shape index (κ1) is 14.5. The van der Waals surface area contributed by atoms with E-state index in [1.54, 1.807) is 0 Å². The highest BCUT2D eigenvalue weighted by atomic mass is 16.3. The second kappa shape index (κ2) is 4.71. The van der Waals surface area contributed by atoms with E-state index in [2.05, 4.69) is 13.8 Å². The highest BCUT2D eigenvalue weighted by Crippen LogP contribution is 2.66. The fourth-order valence-corrected chi connectivity index (χ4v) is 7.21. The van der Waals surface area contributed by atoms with Gasteiger partial charge in [0.2, 0.25) is 0 Å². The molecule has 1 unspecified atom stereocenters. The molecule has 0 aromatic rings. The van der Waals surface area contributed by atoms with Gasteiger partial charge in [0.1, 0.15) is 0 Å². The van der Waals surface area contributed by atoms with Crippen LogP contribution < -0.4 is 0 Å². The van der Waals surface area contributed by atoms with E-state index in [0.29, 0.717) is 5.41 Å². The molecular formula is C19H32O2. The van der Waals surface area contributed by atoms with E-state index in [4.69, 9.17) is 0 Å². The Morgan fingerprint density at radius 2 is 1.48 bits per heavy atom. The number of fused-ring (bicyclic) bond motifs is 5. The van der Waals surface area contributed by atoms with E-state index in [9.17, 15) is 10.2 Å². The normalized spacial score (nSPS) is 60.0. The zero-order chi connectivity index (χ0) is 14.8. The van der Waals surface area contributed by atoms with Crippen molar-refractivity contribution in [3.05, 3.63) is 0 Å². The summed E-state index contributed by atoms with van der Waals surface area (Å²) in [5.41, 5.74) is 0.676. The Morgan fingerprint density at radius 3 is 2.29 bits per heavy atom. The molecule has 0 aliphatic heterocycles. The maximum absolute atomic E-state index is 10.5. The number of hydrogen-bond acceptors (Lipinski definition) is 2. The second-order valence-electron chi connectivity index (χ2n) is 9.22. The van der Waals surface area contributed by atoms with Crippen LogP contribution in [0.2, 0.25) is 0 Å². The van der Waals surface area contributed by atoms with Crippen molar-refractivity contribution in [2.24, 2.45) is 34.5 Å². The van der Waals surface area contributed by atoms with Gasteiger partial charge in [-0.2, -0.15) is 0 Å². The molecule has 8 atom stereocenters. The zero-order valence-corrected chi connectivity index (χ0v) is 13.7. The standard InChI is InChI=1S/C19H32O2/c1-18-9-7-13(20)11-12(18)3-4-14-15-5-6-17(21)19(15,2)10-8-16(14)18/h12-17,20-21H,3-11H2,1-2H3/t12?,13-,14-,15-,16-,17+,18-,19-/m0/s1. The first-order chi connectivity index (χ1) is 9.95. The van der Waals surface area contributed by atoms with E-state index >= 15 is 0 Å². The molecule has 0 aromatic carbocycles. The summed E-state index contributed by atoms with van der Waals surface area (Å²) in [5, 5.41) is 20.5. The maximum atomic E-state index is 10.5. The van der Waals surface area contributed by atoms with Gasteiger partial charge in [0, 0.05) is 0 Å². The van der Waals surface area contributed by atoms with E-state index in [-0.39, 0.29) is 17.6 Å². The molecule has 0 spiro atoms. The van der Waals surface area contributed by atoms with E-state index in [0.717, 1.165) is 42.9 Å². The van der Waals surface area contributed by atoms with E-state index in [1.807, 2.05) is 0 Å². The van der Waals surface area contributed by atoms with Crippen LogP contribution in [0.15, 0.2) is 0 Å². The highest BCUT2D eigenvalue weighted by Gasteiger charge is 2.59. The molecule has 4 aliphatic rings. The average molecular weight is 292 g/mol. The zero-order valence-electron chi connectivity index (χ0n) is 13.7. The molecule has 4 saturated carbocycles. The topological polar surface area (TPSA) is 40.5 Å². The molecule has 0 heterocycles. The summed E-state index contributed by atoms with van der Waals surface area (Å²) in [4.78, 5) is 0. The third-order valence-electron chi connectivity index (χ3n) is 8.59. The maximum Gasteiger partial charge on any atom is 0.0596 e. The lowest BCUT2D eigenvalue weighted by atomic mass is 9.45. The van der Waals surface area contributed by atoms with Gasteiger partial charge in [-0.25, -0.2) is 0 Å². The SMILES string of the molecule is C[C@]12CC[C@H]3[C@@H](CCC4C[C@@H](O)CC[C@@]43C)[C@@H]1CC[C@H]2O. The van der Waals surface area contributed by atoms with Gasteiger partial charge in [-0.3, -0.25) is 0 Å². The van der Waals surface area contributed by atoms with Gasteiger partial charge < -0.3 is 10.2 Å². The number of rotatable bonds is 0. The van der Waals surface area contributed by atoms with Crippen LogP contribution in [0.4, 0.5) is 0 Å². The molecule has 0 aromatic heterocycles. The highest BCUT2D eigenvalue weighted by molar-refractivity contribution is 5.09. The Labute approximate surface area is 129 Å². The molecule has 4 rings (SSSR count). The van der Waals surface area contributed by atoms with Crippen LogP contribution in [-0.4, -0.2) is 22.4 Å². The van der Waals surface area contributed by atoms with Gasteiger partial charge in [-0.05, 0) is 92.3 Å².